The fourth-order valence-corrected chi connectivity index (χ4v) is 1.31. The van der Waals surface area contributed by atoms with Gasteiger partial charge in [-0.1, -0.05) is 26.8 Å². The molecule has 82 valence electrons. The molecule has 0 aliphatic heterocycles. The zero-order valence-corrected chi connectivity index (χ0v) is 9.63. The average Bonchev–Trinajstić information content (AvgIpc) is 2.15. The number of carbonyl (C=O) groups excluding carboxylic acids is 1. The van der Waals surface area contributed by atoms with Gasteiger partial charge in [0.2, 0.25) is 0 Å². The first-order chi connectivity index (χ1) is 6.86. The highest BCUT2D eigenvalue weighted by Crippen LogP contribution is 2.25. The topological polar surface area (TPSA) is 52.3 Å². The number of hydrogen-bond acceptors (Lipinski definition) is 3. The van der Waals surface area contributed by atoms with Gasteiger partial charge in [-0.15, -0.1) is 0 Å². The van der Waals surface area contributed by atoms with Crippen LogP contribution in [0, 0.1) is 0 Å². The van der Waals surface area contributed by atoms with Crippen molar-refractivity contribution in [2.75, 3.05) is 12.8 Å². The molecule has 3 nitrogen and oxygen atoms in total. The predicted molar refractivity (Wildman–Crippen MR) is 60.9 cm³/mol. The molecule has 0 unspecified atom stereocenters. The van der Waals surface area contributed by atoms with Crippen LogP contribution in [-0.4, -0.2) is 13.1 Å². The largest absolute Gasteiger partial charge is 0.465 e. The number of anilines is 1. The van der Waals surface area contributed by atoms with Crippen LogP contribution < -0.4 is 5.73 Å². The number of nitrogen functional groups attached to an aromatic ring is 1. The molecule has 0 saturated carbocycles. The molecule has 2 N–H and O–H groups in total. The van der Waals surface area contributed by atoms with E-state index in [9.17, 15) is 4.79 Å². The Hall–Kier alpha value is -1.51. The van der Waals surface area contributed by atoms with Crippen LogP contribution in [0.1, 0.15) is 36.7 Å². The molecule has 0 aliphatic rings. The minimum Gasteiger partial charge on any atom is -0.465 e. The van der Waals surface area contributed by atoms with E-state index in [1.54, 1.807) is 12.1 Å². The number of methoxy groups -OCH3 is 1. The van der Waals surface area contributed by atoms with Gasteiger partial charge in [0, 0.05) is 5.69 Å². The van der Waals surface area contributed by atoms with Crippen molar-refractivity contribution < 1.29 is 9.53 Å². The zero-order valence-electron chi connectivity index (χ0n) is 9.63. The molecule has 0 spiro atoms. The van der Waals surface area contributed by atoms with Crippen LogP contribution >= 0.6 is 0 Å². The van der Waals surface area contributed by atoms with Crippen molar-refractivity contribution in [1.29, 1.82) is 0 Å². The minimum absolute atomic E-state index is 0.00350. The van der Waals surface area contributed by atoms with Gasteiger partial charge in [0.05, 0.1) is 12.7 Å². The van der Waals surface area contributed by atoms with Crippen LogP contribution in [0.15, 0.2) is 18.2 Å². The molecule has 1 aromatic rings. The third-order valence-electron chi connectivity index (χ3n) is 2.32. The molecular formula is C12H17NO2. The normalized spacial score (nSPS) is 11.2. The number of ether oxygens (including phenoxy) is 1. The molecule has 15 heavy (non-hydrogen) atoms. The SMILES string of the molecule is COC(=O)c1cc(C(C)(C)C)ccc1N. The summed E-state index contributed by atoms with van der Waals surface area (Å²) in [6, 6.07) is 5.47. The van der Waals surface area contributed by atoms with E-state index >= 15 is 0 Å². The van der Waals surface area contributed by atoms with Crippen LogP contribution in [0.25, 0.3) is 0 Å². The molecule has 1 rings (SSSR count). The molecule has 0 radical (unpaired) electrons. The van der Waals surface area contributed by atoms with E-state index in [0.717, 1.165) is 5.56 Å². The maximum Gasteiger partial charge on any atom is 0.339 e. The van der Waals surface area contributed by atoms with E-state index in [4.69, 9.17) is 5.73 Å². The Balaban J connectivity index is 3.23. The third-order valence-corrected chi connectivity index (χ3v) is 2.32. The number of hydrogen-bond donors (Lipinski definition) is 1. The maximum absolute atomic E-state index is 11.4. The van der Waals surface area contributed by atoms with Crippen LogP contribution in [0.3, 0.4) is 0 Å². The second-order valence-corrected chi connectivity index (χ2v) is 4.54. The van der Waals surface area contributed by atoms with Crippen molar-refractivity contribution in [2.24, 2.45) is 0 Å². The van der Waals surface area contributed by atoms with Gasteiger partial charge in [-0.3, -0.25) is 0 Å². The molecule has 0 bridgehead atoms. The molecule has 0 aromatic heterocycles. The Kier molecular flexibility index (Phi) is 3.03. The van der Waals surface area contributed by atoms with Crippen molar-refractivity contribution in [2.45, 2.75) is 26.2 Å². The standard InChI is InChI=1S/C12H17NO2/c1-12(2,3)8-5-6-10(13)9(7-8)11(14)15-4/h5-7H,13H2,1-4H3. The Bertz CT molecular complexity index is 378. The first kappa shape index (κ1) is 11.6. The molecule has 0 amide bonds. The summed E-state index contributed by atoms with van der Waals surface area (Å²) in [7, 11) is 1.35. The lowest BCUT2D eigenvalue weighted by molar-refractivity contribution is 0.0602. The quantitative estimate of drug-likeness (QED) is 0.568. The van der Waals surface area contributed by atoms with Gasteiger partial charge in [-0.05, 0) is 23.1 Å². The summed E-state index contributed by atoms with van der Waals surface area (Å²) in [6.07, 6.45) is 0. The van der Waals surface area contributed by atoms with Crippen molar-refractivity contribution in [1.82, 2.24) is 0 Å². The van der Waals surface area contributed by atoms with Gasteiger partial charge in [-0.25, -0.2) is 4.79 Å². The molecule has 1 aromatic carbocycles. The molecular weight excluding hydrogens is 190 g/mol. The Morgan fingerprint density at radius 2 is 1.93 bits per heavy atom. The van der Waals surface area contributed by atoms with E-state index in [-0.39, 0.29) is 5.41 Å². The molecule has 0 heterocycles. The highest BCUT2D eigenvalue weighted by Gasteiger charge is 2.17. The summed E-state index contributed by atoms with van der Waals surface area (Å²) in [5.41, 5.74) is 7.66. The van der Waals surface area contributed by atoms with Crippen molar-refractivity contribution in [3.05, 3.63) is 29.3 Å². The summed E-state index contributed by atoms with van der Waals surface area (Å²) < 4.78 is 4.67. The van der Waals surface area contributed by atoms with Gasteiger partial charge < -0.3 is 10.5 Å². The zero-order chi connectivity index (χ0) is 11.6. The summed E-state index contributed by atoms with van der Waals surface area (Å²) >= 11 is 0. The second-order valence-electron chi connectivity index (χ2n) is 4.54. The lowest BCUT2D eigenvalue weighted by Crippen LogP contribution is -2.14. The summed E-state index contributed by atoms with van der Waals surface area (Å²) in [6.45, 7) is 6.25. The van der Waals surface area contributed by atoms with E-state index in [1.807, 2.05) is 6.07 Å². The average molecular weight is 207 g/mol. The van der Waals surface area contributed by atoms with Crippen LogP contribution in [-0.2, 0) is 10.2 Å². The smallest absolute Gasteiger partial charge is 0.339 e. The lowest BCUT2D eigenvalue weighted by Gasteiger charge is -2.20. The fraction of sp³-hybridized carbons (Fsp3) is 0.417. The van der Waals surface area contributed by atoms with E-state index in [0.29, 0.717) is 11.3 Å². The third kappa shape index (κ3) is 2.49. The Labute approximate surface area is 90.2 Å². The number of rotatable bonds is 1. The van der Waals surface area contributed by atoms with Gasteiger partial charge >= 0.3 is 5.97 Å². The van der Waals surface area contributed by atoms with Crippen molar-refractivity contribution >= 4 is 11.7 Å². The molecule has 3 heteroatoms. The number of nitrogens with two attached hydrogens (primary N) is 1. The van der Waals surface area contributed by atoms with E-state index in [2.05, 4.69) is 25.5 Å². The van der Waals surface area contributed by atoms with Crippen molar-refractivity contribution in [3.63, 3.8) is 0 Å². The highest BCUT2D eigenvalue weighted by atomic mass is 16.5. The minimum atomic E-state index is -0.390. The molecule has 0 fully saturated rings. The molecule has 0 atom stereocenters. The van der Waals surface area contributed by atoms with Crippen LogP contribution in [0.2, 0.25) is 0 Å². The summed E-state index contributed by atoms with van der Waals surface area (Å²) in [5.74, 6) is -0.390. The van der Waals surface area contributed by atoms with Crippen LogP contribution in [0.5, 0.6) is 0 Å². The first-order valence-corrected chi connectivity index (χ1v) is 4.84. The lowest BCUT2D eigenvalue weighted by atomic mass is 9.86. The number of carbonyl (C=O) groups is 1. The van der Waals surface area contributed by atoms with Gasteiger partial charge in [0.15, 0.2) is 0 Å². The Morgan fingerprint density at radius 3 is 2.40 bits per heavy atom. The molecule has 0 saturated heterocycles. The second kappa shape index (κ2) is 3.93. The number of esters is 1. The van der Waals surface area contributed by atoms with Gasteiger partial charge in [0.25, 0.3) is 0 Å². The number of benzene rings is 1. The summed E-state index contributed by atoms with van der Waals surface area (Å²) in [5, 5.41) is 0. The first-order valence-electron chi connectivity index (χ1n) is 4.84. The van der Waals surface area contributed by atoms with Gasteiger partial charge in [0.1, 0.15) is 0 Å². The monoisotopic (exact) mass is 207 g/mol. The summed E-state index contributed by atoms with van der Waals surface area (Å²) in [4.78, 5) is 11.4. The van der Waals surface area contributed by atoms with E-state index in [1.165, 1.54) is 7.11 Å². The highest BCUT2D eigenvalue weighted by molar-refractivity contribution is 5.95. The van der Waals surface area contributed by atoms with Gasteiger partial charge in [-0.2, -0.15) is 0 Å². The fourth-order valence-electron chi connectivity index (χ4n) is 1.31. The van der Waals surface area contributed by atoms with E-state index < -0.39 is 5.97 Å². The van der Waals surface area contributed by atoms with Crippen molar-refractivity contribution in [3.8, 4) is 0 Å². The predicted octanol–water partition coefficient (Wildman–Crippen LogP) is 2.35. The molecule has 0 aliphatic carbocycles. The maximum atomic E-state index is 11.4. The Morgan fingerprint density at radius 1 is 1.33 bits per heavy atom. The van der Waals surface area contributed by atoms with Crippen LogP contribution in [0.4, 0.5) is 5.69 Å².